The molecule has 2 nitrogen and oxygen atoms in total. The average molecular weight is 111 g/mol. The molecule has 0 aromatic carbocycles. The summed E-state index contributed by atoms with van der Waals surface area (Å²) in [5.41, 5.74) is 1.08. The van der Waals surface area contributed by atoms with E-state index in [2.05, 4.69) is 0 Å². The zero-order valence-corrected chi connectivity index (χ0v) is 5.45. The lowest BCUT2D eigenvalue weighted by molar-refractivity contribution is 0.413. The maximum atomic E-state index is 8.73. The topological polar surface area (TPSA) is 44.1 Å². The molecule has 0 aromatic heterocycles. The Morgan fingerprint density at radius 1 is 1.50 bits per heavy atom. The highest BCUT2D eigenvalue weighted by Crippen LogP contribution is 1.95. The molecular weight excluding hydrogens is 101 g/mol. The summed E-state index contributed by atoms with van der Waals surface area (Å²) in [4.78, 5) is 0. The van der Waals surface area contributed by atoms with Gasteiger partial charge in [-0.1, -0.05) is 0 Å². The molecule has 0 aliphatic heterocycles. The van der Waals surface area contributed by atoms with E-state index in [0.717, 1.165) is 0 Å². The van der Waals surface area contributed by atoms with Crippen LogP contribution in [0.15, 0.2) is 11.2 Å². The quantitative estimate of drug-likeness (QED) is 0.288. The number of hydrogen-bond acceptors (Lipinski definition) is 2. The molecule has 0 fully saturated rings. The molecule has 0 bridgehead atoms. The van der Waals surface area contributed by atoms with E-state index in [9.17, 15) is 0 Å². The van der Waals surface area contributed by atoms with Gasteiger partial charge in [-0.2, -0.15) is 0 Å². The lowest BCUT2D eigenvalue weighted by Gasteiger charge is -1.96. The van der Waals surface area contributed by atoms with Crippen molar-refractivity contribution in [2.24, 2.45) is 0 Å². The monoisotopic (exact) mass is 111 g/mol. The Morgan fingerprint density at radius 2 is 1.88 bits per heavy atom. The van der Waals surface area contributed by atoms with Crippen LogP contribution in [0.2, 0.25) is 0 Å². The van der Waals surface area contributed by atoms with E-state index >= 15 is 0 Å². The molecule has 0 saturated heterocycles. The predicted molar refractivity (Wildman–Crippen MR) is 37.3 cm³/mol. The van der Waals surface area contributed by atoms with Crippen molar-refractivity contribution in [2.45, 2.75) is 13.8 Å². The zero-order chi connectivity index (χ0) is 6.73. The minimum atomic E-state index is 0.234. The van der Waals surface area contributed by atoms with Crippen LogP contribution in [0.3, 0.4) is 0 Å². The summed E-state index contributed by atoms with van der Waals surface area (Å²) in [5, 5.41) is 15.7. The summed E-state index contributed by atoms with van der Waals surface area (Å²) in [5.74, 6) is 0.234. The molecule has 0 atom stereocenters. The molecule has 0 unspecified atom stereocenters. The highest BCUT2D eigenvalue weighted by Gasteiger charge is 1.93. The summed E-state index contributed by atoms with van der Waals surface area (Å²) < 4.78 is 0. The van der Waals surface area contributed by atoms with E-state index in [1.54, 1.807) is 21.7 Å². The molecule has 0 saturated carbocycles. The fourth-order valence-electron chi connectivity index (χ4n) is 0.271. The number of nitrogens with one attached hydrogen (secondary N) is 1. The van der Waals surface area contributed by atoms with Gasteiger partial charge >= 0.3 is 0 Å². The standard InChI is InChI=1S/C5H10BNO/c1-3(7)5(6)4(2)8/h7-8H,6H2,1-2H3/b5-4+,7-3?. The van der Waals surface area contributed by atoms with Crippen molar-refractivity contribution in [2.75, 3.05) is 0 Å². The summed E-state index contributed by atoms with van der Waals surface area (Å²) in [6.07, 6.45) is 0. The first-order valence-corrected chi connectivity index (χ1v) is 2.47. The summed E-state index contributed by atoms with van der Waals surface area (Å²) in [6.45, 7) is 3.22. The van der Waals surface area contributed by atoms with Gasteiger partial charge in [0.2, 0.25) is 0 Å². The highest BCUT2D eigenvalue weighted by molar-refractivity contribution is 6.37. The van der Waals surface area contributed by atoms with Crippen LogP contribution < -0.4 is 0 Å². The van der Waals surface area contributed by atoms with Crippen molar-refractivity contribution in [3.05, 3.63) is 11.2 Å². The van der Waals surface area contributed by atoms with Gasteiger partial charge in [0.15, 0.2) is 0 Å². The van der Waals surface area contributed by atoms with Crippen LogP contribution in [0.5, 0.6) is 0 Å². The number of rotatable bonds is 1. The maximum Gasteiger partial charge on any atom is 0.146 e. The number of allylic oxidation sites excluding steroid dienone is 2. The molecule has 0 heterocycles. The molecule has 0 spiro atoms. The van der Waals surface area contributed by atoms with Gasteiger partial charge in [-0.25, -0.2) is 0 Å². The summed E-state index contributed by atoms with van der Waals surface area (Å²) in [6, 6.07) is 0. The van der Waals surface area contributed by atoms with E-state index in [4.69, 9.17) is 10.5 Å². The number of aliphatic hydroxyl groups is 1. The average Bonchev–Trinajstić information content (AvgIpc) is 1.64. The number of aliphatic hydroxyl groups excluding tert-OH is 1. The Bertz CT molecular complexity index is 135. The van der Waals surface area contributed by atoms with Crippen LogP contribution in [0.1, 0.15) is 13.8 Å². The van der Waals surface area contributed by atoms with Gasteiger partial charge < -0.3 is 10.5 Å². The molecule has 44 valence electrons. The third-order valence-electron chi connectivity index (χ3n) is 1.11. The third kappa shape index (κ3) is 1.82. The van der Waals surface area contributed by atoms with Crippen LogP contribution in [-0.2, 0) is 0 Å². The van der Waals surface area contributed by atoms with Gasteiger partial charge in [-0.15, -0.1) is 0 Å². The Morgan fingerprint density at radius 3 is 1.88 bits per heavy atom. The van der Waals surface area contributed by atoms with Crippen molar-refractivity contribution in [3.63, 3.8) is 0 Å². The fourth-order valence-corrected chi connectivity index (χ4v) is 0.271. The molecular formula is C5H10BNO. The van der Waals surface area contributed by atoms with Crippen molar-refractivity contribution in [1.82, 2.24) is 0 Å². The SMILES string of the molecule is B/C(C(C)=N)=C(\C)O. The first-order chi connectivity index (χ1) is 3.55. The molecule has 3 heteroatoms. The molecule has 0 aromatic rings. The smallest absolute Gasteiger partial charge is 0.146 e. The molecule has 0 amide bonds. The number of hydrogen-bond donors (Lipinski definition) is 2. The Balaban J connectivity index is 4.23. The minimum absolute atomic E-state index is 0.234. The van der Waals surface area contributed by atoms with Crippen LogP contribution in [-0.4, -0.2) is 18.7 Å². The second-order valence-corrected chi connectivity index (χ2v) is 1.84. The van der Waals surface area contributed by atoms with Crippen molar-refractivity contribution < 1.29 is 5.11 Å². The molecule has 0 aliphatic rings. The van der Waals surface area contributed by atoms with Gasteiger partial charge in [-0.05, 0) is 19.3 Å². The van der Waals surface area contributed by atoms with E-state index in [1.165, 1.54) is 0 Å². The van der Waals surface area contributed by atoms with E-state index in [1.807, 2.05) is 0 Å². The van der Waals surface area contributed by atoms with Gasteiger partial charge in [0.05, 0.1) is 5.76 Å². The van der Waals surface area contributed by atoms with Crippen molar-refractivity contribution in [3.8, 4) is 0 Å². The Hall–Kier alpha value is -0.725. The summed E-state index contributed by atoms with van der Waals surface area (Å²) in [7, 11) is 1.72. The summed E-state index contributed by atoms with van der Waals surface area (Å²) >= 11 is 0. The second kappa shape index (κ2) is 2.55. The van der Waals surface area contributed by atoms with Crippen LogP contribution in [0.25, 0.3) is 0 Å². The minimum Gasteiger partial charge on any atom is -0.513 e. The Kier molecular flexibility index (Phi) is 2.32. The molecule has 0 radical (unpaired) electrons. The van der Waals surface area contributed by atoms with Crippen LogP contribution in [0.4, 0.5) is 0 Å². The predicted octanol–water partition coefficient (Wildman–Crippen LogP) is 0.449. The van der Waals surface area contributed by atoms with Crippen LogP contribution in [0, 0.1) is 5.41 Å². The normalized spacial score (nSPS) is 12.8. The molecule has 0 rings (SSSR count). The van der Waals surface area contributed by atoms with Crippen molar-refractivity contribution >= 4 is 13.6 Å². The van der Waals surface area contributed by atoms with Gasteiger partial charge in [0.25, 0.3) is 0 Å². The first-order valence-electron chi connectivity index (χ1n) is 2.47. The zero-order valence-electron chi connectivity index (χ0n) is 5.45. The second-order valence-electron chi connectivity index (χ2n) is 1.84. The Labute approximate surface area is 50.1 Å². The van der Waals surface area contributed by atoms with Crippen molar-refractivity contribution in [1.29, 1.82) is 5.41 Å². The van der Waals surface area contributed by atoms with E-state index < -0.39 is 0 Å². The lowest BCUT2D eigenvalue weighted by atomic mass is 9.91. The molecule has 2 N–H and O–H groups in total. The largest absolute Gasteiger partial charge is 0.513 e. The van der Waals surface area contributed by atoms with Gasteiger partial charge in [0, 0.05) is 5.71 Å². The maximum absolute atomic E-state index is 8.73. The van der Waals surface area contributed by atoms with Gasteiger partial charge in [0.1, 0.15) is 7.85 Å². The van der Waals surface area contributed by atoms with Crippen LogP contribution >= 0.6 is 0 Å². The fraction of sp³-hybridized carbons (Fsp3) is 0.400. The van der Waals surface area contributed by atoms with Gasteiger partial charge in [-0.3, -0.25) is 0 Å². The van der Waals surface area contributed by atoms with E-state index in [-0.39, 0.29) is 5.76 Å². The first kappa shape index (κ1) is 7.27. The molecule has 8 heavy (non-hydrogen) atoms. The lowest BCUT2D eigenvalue weighted by Crippen LogP contribution is -1.97. The van der Waals surface area contributed by atoms with E-state index in [0.29, 0.717) is 11.2 Å². The highest BCUT2D eigenvalue weighted by atomic mass is 16.3. The molecule has 0 aliphatic carbocycles. The third-order valence-corrected chi connectivity index (χ3v) is 1.11.